The monoisotopic (exact) mass is 251 g/mol. The standard InChI is InChI=1S/C12H14BrN/c1-3-4-5-8-14-12-7-6-11(13)9-10(12)2/h1,6-7,9,14H,4-5,8H2,2H3. The van der Waals surface area contributed by atoms with Crippen LogP contribution in [0.3, 0.4) is 0 Å². The Labute approximate surface area is 94.0 Å². The Hall–Kier alpha value is -0.940. The molecule has 0 radical (unpaired) electrons. The van der Waals surface area contributed by atoms with Crippen LogP contribution in [0.5, 0.6) is 0 Å². The molecule has 1 rings (SSSR count). The zero-order valence-corrected chi connectivity index (χ0v) is 9.89. The van der Waals surface area contributed by atoms with Gasteiger partial charge in [0.25, 0.3) is 0 Å². The largest absolute Gasteiger partial charge is 0.385 e. The van der Waals surface area contributed by atoms with Crippen molar-refractivity contribution in [3.63, 3.8) is 0 Å². The van der Waals surface area contributed by atoms with E-state index in [0.717, 1.165) is 23.9 Å². The second-order valence-corrected chi connectivity index (χ2v) is 4.11. The molecule has 0 unspecified atom stereocenters. The molecule has 1 N–H and O–H groups in total. The predicted octanol–water partition coefficient (Wildman–Crippen LogP) is 3.58. The first-order valence-electron chi connectivity index (χ1n) is 4.67. The number of aryl methyl sites for hydroxylation is 1. The Morgan fingerprint density at radius 1 is 1.50 bits per heavy atom. The van der Waals surface area contributed by atoms with Gasteiger partial charge in [0.15, 0.2) is 0 Å². The Balaban J connectivity index is 2.47. The summed E-state index contributed by atoms with van der Waals surface area (Å²) in [4.78, 5) is 0. The lowest BCUT2D eigenvalue weighted by molar-refractivity contribution is 0.906. The van der Waals surface area contributed by atoms with E-state index >= 15 is 0 Å². The van der Waals surface area contributed by atoms with Crippen molar-refractivity contribution in [2.45, 2.75) is 19.8 Å². The number of hydrogen-bond donors (Lipinski definition) is 1. The van der Waals surface area contributed by atoms with Crippen LogP contribution in [0.25, 0.3) is 0 Å². The highest BCUT2D eigenvalue weighted by atomic mass is 79.9. The topological polar surface area (TPSA) is 12.0 Å². The van der Waals surface area contributed by atoms with E-state index in [0.29, 0.717) is 0 Å². The number of anilines is 1. The molecular weight excluding hydrogens is 238 g/mol. The number of benzene rings is 1. The average molecular weight is 252 g/mol. The van der Waals surface area contributed by atoms with Gasteiger partial charge in [0, 0.05) is 23.1 Å². The molecule has 0 fully saturated rings. The van der Waals surface area contributed by atoms with Crippen molar-refractivity contribution in [2.75, 3.05) is 11.9 Å². The third-order valence-electron chi connectivity index (χ3n) is 2.00. The van der Waals surface area contributed by atoms with Crippen LogP contribution in [0, 0.1) is 19.3 Å². The van der Waals surface area contributed by atoms with E-state index in [4.69, 9.17) is 6.42 Å². The Bertz CT molecular complexity index is 339. The van der Waals surface area contributed by atoms with E-state index in [2.05, 4.69) is 46.2 Å². The summed E-state index contributed by atoms with van der Waals surface area (Å²) in [6, 6.07) is 6.22. The maximum absolute atomic E-state index is 5.17. The maximum atomic E-state index is 5.17. The van der Waals surface area contributed by atoms with E-state index in [9.17, 15) is 0 Å². The second kappa shape index (κ2) is 5.72. The minimum atomic E-state index is 0.836. The minimum Gasteiger partial charge on any atom is -0.385 e. The summed E-state index contributed by atoms with van der Waals surface area (Å²) in [6.45, 7) is 3.03. The number of nitrogens with one attached hydrogen (secondary N) is 1. The zero-order valence-electron chi connectivity index (χ0n) is 8.31. The summed E-state index contributed by atoms with van der Waals surface area (Å²) in [5.74, 6) is 2.63. The Morgan fingerprint density at radius 2 is 2.29 bits per heavy atom. The van der Waals surface area contributed by atoms with Gasteiger partial charge in [-0.2, -0.15) is 0 Å². The molecule has 0 aliphatic carbocycles. The van der Waals surface area contributed by atoms with Crippen molar-refractivity contribution in [2.24, 2.45) is 0 Å². The summed E-state index contributed by atoms with van der Waals surface area (Å²) in [5, 5.41) is 3.36. The quantitative estimate of drug-likeness (QED) is 0.638. The Kier molecular flexibility index (Phi) is 4.55. The van der Waals surface area contributed by atoms with Crippen LogP contribution in [0.15, 0.2) is 22.7 Å². The molecule has 0 saturated heterocycles. The lowest BCUT2D eigenvalue weighted by Gasteiger charge is -2.08. The van der Waals surface area contributed by atoms with E-state index in [-0.39, 0.29) is 0 Å². The van der Waals surface area contributed by atoms with Gasteiger partial charge in [-0.05, 0) is 37.1 Å². The average Bonchev–Trinajstić information content (AvgIpc) is 2.15. The summed E-state index contributed by atoms with van der Waals surface area (Å²) in [7, 11) is 0. The molecule has 1 aromatic carbocycles. The molecule has 0 spiro atoms. The minimum absolute atomic E-state index is 0.836. The SMILES string of the molecule is C#CCCCNc1ccc(Br)cc1C. The Morgan fingerprint density at radius 3 is 2.93 bits per heavy atom. The molecule has 1 aromatic rings. The second-order valence-electron chi connectivity index (χ2n) is 3.19. The first-order valence-corrected chi connectivity index (χ1v) is 5.47. The van der Waals surface area contributed by atoms with Gasteiger partial charge in [-0.1, -0.05) is 15.9 Å². The van der Waals surface area contributed by atoms with Crippen LogP contribution < -0.4 is 5.32 Å². The highest BCUT2D eigenvalue weighted by Crippen LogP contribution is 2.19. The van der Waals surface area contributed by atoms with Gasteiger partial charge in [-0.15, -0.1) is 12.3 Å². The molecule has 1 nitrogen and oxygen atoms in total. The summed E-state index contributed by atoms with van der Waals surface area (Å²) in [6.07, 6.45) is 7.03. The molecule has 14 heavy (non-hydrogen) atoms. The van der Waals surface area contributed by atoms with Gasteiger partial charge < -0.3 is 5.32 Å². The fourth-order valence-electron chi connectivity index (χ4n) is 1.24. The van der Waals surface area contributed by atoms with Crippen LogP contribution in [0.4, 0.5) is 5.69 Å². The zero-order chi connectivity index (χ0) is 10.4. The van der Waals surface area contributed by atoms with Gasteiger partial charge in [-0.3, -0.25) is 0 Å². The third kappa shape index (κ3) is 3.43. The lowest BCUT2D eigenvalue weighted by atomic mass is 10.2. The molecule has 0 bridgehead atoms. The van der Waals surface area contributed by atoms with Gasteiger partial charge in [-0.25, -0.2) is 0 Å². The molecule has 0 amide bonds. The summed E-state index contributed by atoms with van der Waals surface area (Å²) < 4.78 is 1.11. The van der Waals surface area contributed by atoms with Crippen LogP contribution >= 0.6 is 15.9 Å². The summed E-state index contributed by atoms with van der Waals surface area (Å²) in [5.41, 5.74) is 2.44. The normalized spacial score (nSPS) is 9.50. The smallest absolute Gasteiger partial charge is 0.0370 e. The molecule has 0 aliphatic heterocycles. The third-order valence-corrected chi connectivity index (χ3v) is 2.50. The van der Waals surface area contributed by atoms with Crippen molar-refractivity contribution in [3.8, 4) is 12.3 Å². The number of halogens is 1. The molecule has 74 valence electrons. The van der Waals surface area contributed by atoms with Gasteiger partial charge in [0.1, 0.15) is 0 Å². The molecule has 0 aliphatic rings. The van der Waals surface area contributed by atoms with Gasteiger partial charge in [0.05, 0.1) is 0 Å². The molecule has 0 saturated carbocycles. The highest BCUT2D eigenvalue weighted by molar-refractivity contribution is 9.10. The van der Waals surface area contributed by atoms with Crippen LogP contribution in [0.1, 0.15) is 18.4 Å². The van der Waals surface area contributed by atoms with Crippen molar-refractivity contribution in [1.29, 1.82) is 0 Å². The first-order chi connectivity index (χ1) is 6.74. The van der Waals surface area contributed by atoms with Crippen molar-refractivity contribution in [3.05, 3.63) is 28.2 Å². The number of rotatable bonds is 4. The van der Waals surface area contributed by atoms with Crippen LogP contribution in [-0.4, -0.2) is 6.54 Å². The van der Waals surface area contributed by atoms with E-state index in [1.54, 1.807) is 0 Å². The molecule has 0 aromatic heterocycles. The fourth-order valence-corrected chi connectivity index (χ4v) is 1.71. The highest BCUT2D eigenvalue weighted by Gasteiger charge is 1.97. The summed E-state index contributed by atoms with van der Waals surface area (Å²) >= 11 is 3.44. The molecular formula is C12H14BrN. The van der Waals surface area contributed by atoms with E-state index in [1.165, 1.54) is 11.3 Å². The van der Waals surface area contributed by atoms with Gasteiger partial charge >= 0.3 is 0 Å². The van der Waals surface area contributed by atoms with Crippen LogP contribution in [-0.2, 0) is 0 Å². The van der Waals surface area contributed by atoms with Crippen LogP contribution in [0.2, 0.25) is 0 Å². The maximum Gasteiger partial charge on any atom is 0.0370 e. The lowest BCUT2D eigenvalue weighted by Crippen LogP contribution is -2.02. The molecule has 2 heteroatoms. The number of terminal acetylenes is 1. The van der Waals surface area contributed by atoms with Crippen molar-refractivity contribution < 1.29 is 0 Å². The van der Waals surface area contributed by atoms with Crippen molar-refractivity contribution >= 4 is 21.6 Å². The van der Waals surface area contributed by atoms with E-state index < -0.39 is 0 Å². The number of unbranched alkanes of at least 4 members (excludes halogenated alkanes) is 1. The van der Waals surface area contributed by atoms with Gasteiger partial charge in [0.2, 0.25) is 0 Å². The fraction of sp³-hybridized carbons (Fsp3) is 0.333. The number of hydrogen-bond acceptors (Lipinski definition) is 1. The van der Waals surface area contributed by atoms with E-state index in [1.807, 2.05) is 6.07 Å². The molecule has 0 atom stereocenters. The molecule has 0 heterocycles. The predicted molar refractivity (Wildman–Crippen MR) is 65.4 cm³/mol. The first kappa shape index (κ1) is 11.1. The van der Waals surface area contributed by atoms with Crippen molar-refractivity contribution in [1.82, 2.24) is 0 Å².